The molecule has 0 aliphatic carbocycles. The second-order valence-corrected chi connectivity index (χ2v) is 5.07. The Morgan fingerprint density at radius 3 is 2.69 bits per heavy atom. The van der Waals surface area contributed by atoms with Gasteiger partial charge in [0.05, 0.1) is 0 Å². The molecule has 6 heteroatoms. The molecule has 0 aromatic carbocycles. The van der Waals surface area contributed by atoms with Crippen LogP contribution in [0.5, 0.6) is 0 Å². The Morgan fingerprint density at radius 1 is 1.77 bits per heavy atom. The van der Waals surface area contributed by atoms with Gasteiger partial charge in [-0.2, -0.15) is 0 Å². The van der Waals surface area contributed by atoms with Gasteiger partial charge in [-0.3, -0.25) is 9.57 Å². The maximum atomic E-state index is 11.3. The third-order valence-corrected chi connectivity index (χ3v) is 3.13. The predicted octanol–water partition coefficient (Wildman–Crippen LogP) is 0.0212. The van der Waals surface area contributed by atoms with Crippen molar-refractivity contribution in [2.45, 2.75) is 12.5 Å². The van der Waals surface area contributed by atoms with E-state index in [0.29, 0.717) is 0 Å². The van der Waals surface area contributed by atoms with Gasteiger partial charge in [0.2, 0.25) is 0 Å². The number of hydrogen-bond donors (Lipinski definition) is 3. The van der Waals surface area contributed by atoms with E-state index in [4.69, 9.17) is 15.6 Å². The minimum Gasteiger partial charge on any atom is -0.480 e. The molecule has 0 aliphatic rings. The minimum absolute atomic E-state index is 0.00644. The fourth-order valence-electron chi connectivity index (χ4n) is 0.715. The van der Waals surface area contributed by atoms with Crippen LogP contribution in [-0.4, -0.2) is 32.8 Å². The van der Waals surface area contributed by atoms with E-state index >= 15 is 0 Å². The van der Waals surface area contributed by atoms with Crippen molar-refractivity contribution in [3.63, 3.8) is 0 Å². The van der Waals surface area contributed by atoms with Gasteiger partial charge in [-0.25, -0.2) is 4.21 Å². The highest BCUT2D eigenvalue weighted by Gasteiger charge is 2.14. The maximum absolute atomic E-state index is 11.3. The van der Waals surface area contributed by atoms with Crippen LogP contribution in [0.4, 0.5) is 0 Å². The van der Waals surface area contributed by atoms with E-state index in [1.165, 1.54) is 6.08 Å². The van der Waals surface area contributed by atoms with Crippen molar-refractivity contribution in [2.75, 3.05) is 11.5 Å². The third-order valence-electron chi connectivity index (χ3n) is 1.46. The molecular weight excluding hydrogens is 192 g/mol. The zero-order valence-electron chi connectivity index (χ0n) is 7.23. The zero-order valence-corrected chi connectivity index (χ0v) is 8.05. The lowest BCUT2D eigenvalue weighted by Gasteiger charge is -2.07. The first-order chi connectivity index (χ1) is 5.89. The topological polar surface area (TPSA) is 104 Å². The van der Waals surface area contributed by atoms with E-state index in [1.54, 1.807) is 0 Å². The standard InChI is InChI=1S/C7H14N2O3S/c1-2-4-13(9,12)5-3-6(8)7(10)11/h2,6,9H,1,3-5,8H2,(H,10,11)/t6-,13+/m0/s1. The first kappa shape index (κ1) is 12.1. The molecule has 0 saturated carbocycles. The van der Waals surface area contributed by atoms with E-state index in [0.717, 1.165) is 0 Å². The van der Waals surface area contributed by atoms with Crippen LogP contribution in [-0.2, 0) is 14.5 Å². The van der Waals surface area contributed by atoms with Crippen LogP contribution in [0.2, 0.25) is 0 Å². The first-order valence-electron chi connectivity index (χ1n) is 3.72. The number of nitrogens with one attached hydrogen (secondary N) is 1. The smallest absolute Gasteiger partial charge is 0.320 e. The van der Waals surface area contributed by atoms with Gasteiger partial charge in [-0.05, 0) is 6.42 Å². The lowest BCUT2D eigenvalue weighted by atomic mass is 10.2. The maximum Gasteiger partial charge on any atom is 0.320 e. The van der Waals surface area contributed by atoms with Crippen molar-refractivity contribution in [1.29, 1.82) is 4.78 Å². The van der Waals surface area contributed by atoms with Crippen molar-refractivity contribution in [3.05, 3.63) is 12.7 Å². The summed E-state index contributed by atoms with van der Waals surface area (Å²) in [5.41, 5.74) is 5.19. The van der Waals surface area contributed by atoms with Crippen LogP contribution in [0.15, 0.2) is 12.7 Å². The molecule has 0 heterocycles. The van der Waals surface area contributed by atoms with Crippen molar-refractivity contribution in [2.24, 2.45) is 5.73 Å². The molecule has 0 spiro atoms. The molecule has 0 aromatic heterocycles. The average Bonchev–Trinajstić information content (AvgIpc) is 2.00. The molecule has 5 nitrogen and oxygen atoms in total. The summed E-state index contributed by atoms with van der Waals surface area (Å²) < 4.78 is 18.5. The largest absolute Gasteiger partial charge is 0.480 e. The van der Waals surface area contributed by atoms with Crippen molar-refractivity contribution in [1.82, 2.24) is 0 Å². The Morgan fingerprint density at radius 2 is 2.31 bits per heavy atom. The molecule has 4 N–H and O–H groups in total. The number of carbonyl (C=O) groups is 1. The first-order valence-corrected chi connectivity index (χ1v) is 5.62. The number of carboxylic acid groups (broad SMARTS) is 1. The molecule has 13 heavy (non-hydrogen) atoms. The van der Waals surface area contributed by atoms with Gasteiger partial charge >= 0.3 is 5.97 Å². The number of aliphatic carboxylic acids is 1. The van der Waals surface area contributed by atoms with E-state index < -0.39 is 21.7 Å². The summed E-state index contributed by atoms with van der Waals surface area (Å²) in [6, 6.07) is -1.03. The normalized spacial score (nSPS) is 17.3. The van der Waals surface area contributed by atoms with Crippen LogP contribution in [0.1, 0.15) is 6.42 Å². The van der Waals surface area contributed by atoms with Gasteiger partial charge in [-0.15, -0.1) is 6.58 Å². The van der Waals surface area contributed by atoms with Crippen molar-refractivity contribution < 1.29 is 14.1 Å². The molecule has 0 aromatic rings. The summed E-state index contributed by atoms with van der Waals surface area (Å²) in [5, 5.41) is 8.41. The Kier molecular flexibility index (Phi) is 4.64. The monoisotopic (exact) mass is 206 g/mol. The highest BCUT2D eigenvalue weighted by Crippen LogP contribution is 1.98. The Labute approximate surface area is 77.6 Å². The lowest BCUT2D eigenvalue weighted by molar-refractivity contribution is -0.138. The highest BCUT2D eigenvalue weighted by molar-refractivity contribution is 7.92. The fraction of sp³-hybridized carbons (Fsp3) is 0.571. The molecule has 0 radical (unpaired) electrons. The number of hydrogen-bond acceptors (Lipinski definition) is 4. The minimum atomic E-state index is -2.72. The molecule has 0 amide bonds. The summed E-state index contributed by atoms with van der Waals surface area (Å²) in [4.78, 5) is 10.3. The quantitative estimate of drug-likeness (QED) is 0.533. The molecular formula is C7H14N2O3S. The predicted molar refractivity (Wildman–Crippen MR) is 51.0 cm³/mol. The van der Waals surface area contributed by atoms with Gasteiger partial charge in [-0.1, -0.05) is 6.08 Å². The second-order valence-electron chi connectivity index (χ2n) is 2.70. The molecule has 76 valence electrons. The van der Waals surface area contributed by atoms with Gasteiger partial charge in [0.1, 0.15) is 6.04 Å². The number of carboxylic acids is 1. The van der Waals surface area contributed by atoms with E-state index in [1.807, 2.05) is 0 Å². The molecule has 0 saturated heterocycles. The fourth-order valence-corrected chi connectivity index (χ4v) is 1.90. The van der Waals surface area contributed by atoms with Gasteiger partial charge in [0.25, 0.3) is 0 Å². The number of rotatable bonds is 6. The van der Waals surface area contributed by atoms with Crippen LogP contribution in [0.3, 0.4) is 0 Å². The Bertz CT molecular complexity index is 284. The van der Waals surface area contributed by atoms with Gasteiger partial charge in [0.15, 0.2) is 0 Å². The molecule has 0 bridgehead atoms. The summed E-state index contributed by atoms with van der Waals surface area (Å²) in [5.74, 6) is -1.04. The van der Waals surface area contributed by atoms with Crippen molar-refractivity contribution in [3.8, 4) is 0 Å². The van der Waals surface area contributed by atoms with Gasteiger partial charge in [0, 0.05) is 21.2 Å². The van der Waals surface area contributed by atoms with Crippen LogP contribution in [0.25, 0.3) is 0 Å². The third kappa shape index (κ3) is 5.37. The van der Waals surface area contributed by atoms with E-state index in [-0.39, 0.29) is 17.9 Å². The summed E-state index contributed by atoms with van der Waals surface area (Å²) in [6.45, 7) is 3.36. The molecule has 0 fully saturated rings. The lowest BCUT2D eigenvalue weighted by Crippen LogP contribution is -2.32. The molecule has 0 unspecified atom stereocenters. The van der Waals surface area contributed by atoms with Gasteiger partial charge < -0.3 is 10.8 Å². The summed E-state index contributed by atoms with van der Waals surface area (Å²) >= 11 is 0. The molecule has 0 aliphatic heterocycles. The summed E-state index contributed by atoms with van der Waals surface area (Å²) in [6.07, 6.45) is 1.45. The zero-order chi connectivity index (χ0) is 10.5. The van der Waals surface area contributed by atoms with Crippen LogP contribution >= 0.6 is 0 Å². The second kappa shape index (κ2) is 4.98. The number of nitrogens with two attached hydrogens (primary N) is 1. The van der Waals surface area contributed by atoms with E-state index in [9.17, 15) is 9.00 Å². The SMILES string of the molecule is C=CC[S@@](=N)(=O)CC[C@H](N)C(=O)O. The van der Waals surface area contributed by atoms with Crippen LogP contribution in [0, 0.1) is 4.78 Å². The Hall–Kier alpha value is -0.880. The molecule has 0 rings (SSSR count). The van der Waals surface area contributed by atoms with E-state index in [2.05, 4.69) is 6.58 Å². The Balaban J connectivity index is 4.02. The van der Waals surface area contributed by atoms with Crippen LogP contribution < -0.4 is 5.73 Å². The summed E-state index contributed by atoms with van der Waals surface area (Å²) in [7, 11) is -2.72. The average molecular weight is 206 g/mol. The highest BCUT2D eigenvalue weighted by atomic mass is 32.2. The molecule has 2 atom stereocenters. The van der Waals surface area contributed by atoms with Crippen molar-refractivity contribution >= 4 is 15.7 Å².